The maximum atomic E-state index is 13.1. The molecule has 2 N–H and O–H groups in total. The van der Waals surface area contributed by atoms with Crippen molar-refractivity contribution in [2.45, 2.75) is 104 Å². The third kappa shape index (κ3) is 15.0. The average molecular weight is 663 g/mol. The SMILES string of the molecule is C=C(CCCCC)CCCCC(=C)c1nc(NC(=C)Nc2ccc(CC(F)(F)F)cc2)cn1Cc1ccc(C(F)(F)F)cc1.CCC. The van der Waals surface area contributed by atoms with Crippen LogP contribution in [0.5, 0.6) is 0 Å². The minimum atomic E-state index is -4.42. The van der Waals surface area contributed by atoms with E-state index in [1.54, 1.807) is 6.20 Å². The van der Waals surface area contributed by atoms with Gasteiger partial charge >= 0.3 is 12.4 Å². The van der Waals surface area contributed by atoms with Crippen LogP contribution in [-0.4, -0.2) is 15.7 Å². The highest BCUT2D eigenvalue weighted by atomic mass is 19.4. The van der Waals surface area contributed by atoms with Crippen LogP contribution in [0.3, 0.4) is 0 Å². The molecule has 0 saturated heterocycles. The number of anilines is 2. The van der Waals surface area contributed by atoms with E-state index in [9.17, 15) is 26.3 Å². The molecule has 1 aromatic heterocycles. The summed E-state index contributed by atoms with van der Waals surface area (Å²) in [6, 6.07) is 10.8. The van der Waals surface area contributed by atoms with Gasteiger partial charge < -0.3 is 15.2 Å². The van der Waals surface area contributed by atoms with Gasteiger partial charge in [0, 0.05) is 18.4 Å². The summed E-state index contributed by atoms with van der Waals surface area (Å²) < 4.78 is 79.0. The Hall–Kier alpha value is -3.95. The Bertz CT molecular complexity index is 1400. The number of allylic oxidation sites excluding steroid dienone is 2. The molecule has 0 aliphatic carbocycles. The first-order valence-corrected chi connectivity index (χ1v) is 16.1. The highest BCUT2D eigenvalue weighted by Gasteiger charge is 2.30. The molecule has 3 rings (SSSR count). The molecule has 3 aromatic rings. The third-order valence-electron chi connectivity index (χ3n) is 7.05. The zero-order chi connectivity index (χ0) is 35.0. The number of aromatic nitrogens is 2. The van der Waals surface area contributed by atoms with Gasteiger partial charge in [-0.05, 0) is 79.5 Å². The van der Waals surface area contributed by atoms with Gasteiger partial charge in [0.15, 0.2) is 0 Å². The number of alkyl halides is 6. The van der Waals surface area contributed by atoms with E-state index in [0.717, 1.165) is 49.8 Å². The van der Waals surface area contributed by atoms with E-state index in [2.05, 4.69) is 51.1 Å². The number of hydrogen-bond acceptors (Lipinski definition) is 3. The Morgan fingerprint density at radius 2 is 1.30 bits per heavy atom. The lowest BCUT2D eigenvalue weighted by molar-refractivity contribution is -0.137. The van der Waals surface area contributed by atoms with Gasteiger partial charge in [0.1, 0.15) is 17.5 Å². The second-order valence-corrected chi connectivity index (χ2v) is 11.7. The Morgan fingerprint density at radius 1 is 0.745 bits per heavy atom. The van der Waals surface area contributed by atoms with E-state index in [1.807, 2.05) is 4.57 Å². The molecule has 0 atom stereocenters. The van der Waals surface area contributed by atoms with Crippen molar-refractivity contribution in [1.82, 2.24) is 9.55 Å². The van der Waals surface area contributed by atoms with E-state index < -0.39 is 24.3 Å². The lowest BCUT2D eigenvalue weighted by Crippen LogP contribution is -2.12. The van der Waals surface area contributed by atoms with E-state index >= 15 is 0 Å². The summed E-state index contributed by atoms with van der Waals surface area (Å²) in [5.74, 6) is 1.37. The van der Waals surface area contributed by atoms with Crippen molar-refractivity contribution in [3.05, 3.63) is 108 Å². The molecule has 0 bridgehead atoms. The van der Waals surface area contributed by atoms with Gasteiger partial charge in [0.2, 0.25) is 0 Å². The molecule has 0 amide bonds. The predicted octanol–water partition coefficient (Wildman–Crippen LogP) is 12.2. The number of nitrogens with one attached hydrogen (secondary N) is 2. The lowest BCUT2D eigenvalue weighted by Gasteiger charge is -2.12. The van der Waals surface area contributed by atoms with Crippen LogP contribution in [0.2, 0.25) is 0 Å². The van der Waals surface area contributed by atoms with Gasteiger partial charge in [0.05, 0.1) is 12.0 Å². The van der Waals surface area contributed by atoms with Crippen molar-refractivity contribution in [2.75, 3.05) is 10.6 Å². The minimum Gasteiger partial charge on any atom is -0.342 e. The summed E-state index contributed by atoms with van der Waals surface area (Å²) >= 11 is 0. The summed E-state index contributed by atoms with van der Waals surface area (Å²) in [5, 5.41) is 6.07. The largest absolute Gasteiger partial charge is 0.416 e. The van der Waals surface area contributed by atoms with Crippen LogP contribution in [0.1, 0.15) is 101 Å². The Morgan fingerprint density at radius 3 is 1.85 bits per heavy atom. The summed E-state index contributed by atoms with van der Waals surface area (Å²) in [4.78, 5) is 4.69. The molecule has 0 fully saturated rings. The van der Waals surface area contributed by atoms with Crippen LogP contribution in [0.25, 0.3) is 5.57 Å². The normalized spacial score (nSPS) is 11.4. The summed E-state index contributed by atoms with van der Waals surface area (Å²) in [7, 11) is 0. The molecule has 2 aromatic carbocycles. The smallest absolute Gasteiger partial charge is 0.342 e. The Labute approximate surface area is 275 Å². The molecular weight excluding hydrogens is 614 g/mol. The molecule has 10 heteroatoms. The van der Waals surface area contributed by atoms with E-state index in [-0.39, 0.29) is 12.1 Å². The molecule has 258 valence electrons. The van der Waals surface area contributed by atoms with Crippen LogP contribution in [0.15, 0.2) is 85.9 Å². The standard InChI is InChI=1S/C34H40F6N4.C3H8/c1-5-6-7-10-24(2)11-8-9-12-25(3)32-43-31(23-44(32)22-28-13-17-29(18-14-28)34(38,39)40)42-26(4)41-30-19-15-27(16-20-30)21-33(35,36)37;1-3-2/h13-20,23,41-42H,2-12,21-22H2,1H3;3H2,1-2H3. The molecule has 0 unspecified atom stereocenters. The number of rotatable bonds is 17. The van der Waals surface area contributed by atoms with Crippen LogP contribution < -0.4 is 10.6 Å². The predicted molar refractivity (Wildman–Crippen MR) is 182 cm³/mol. The minimum absolute atomic E-state index is 0.146. The van der Waals surface area contributed by atoms with Crippen molar-refractivity contribution >= 4 is 17.1 Å². The van der Waals surface area contributed by atoms with Crippen LogP contribution in [-0.2, 0) is 19.1 Å². The van der Waals surface area contributed by atoms with E-state index in [4.69, 9.17) is 4.98 Å². The number of nitrogens with zero attached hydrogens (tertiary/aromatic N) is 2. The van der Waals surface area contributed by atoms with Gasteiger partial charge in [-0.3, -0.25) is 0 Å². The first-order valence-electron chi connectivity index (χ1n) is 16.1. The zero-order valence-electron chi connectivity index (χ0n) is 27.8. The molecule has 0 saturated carbocycles. The molecule has 0 radical (unpaired) electrons. The topological polar surface area (TPSA) is 41.9 Å². The van der Waals surface area contributed by atoms with Crippen molar-refractivity contribution in [1.29, 1.82) is 0 Å². The van der Waals surface area contributed by atoms with Gasteiger partial charge in [-0.15, -0.1) is 0 Å². The van der Waals surface area contributed by atoms with Crippen LogP contribution >= 0.6 is 0 Å². The molecule has 0 aliphatic heterocycles. The van der Waals surface area contributed by atoms with E-state index in [1.165, 1.54) is 61.2 Å². The van der Waals surface area contributed by atoms with Gasteiger partial charge in [-0.2, -0.15) is 26.3 Å². The fourth-order valence-electron chi connectivity index (χ4n) is 4.75. The zero-order valence-corrected chi connectivity index (χ0v) is 27.8. The quantitative estimate of drug-likeness (QED) is 0.0859. The summed E-state index contributed by atoms with van der Waals surface area (Å²) in [6.07, 6.45) is 1.32. The summed E-state index contributed by atoms with van der Waals surface area (Å²) in [6.45, 7) is 19.1. The number of imidazole rings is 1. The molecular formula is C37H48F6N4. The lowest BCUT2D eigenvalue weighted by atomic mass is 10.0. The highest BCUT2D eigenvalue weighted by Crippen LogP contribution is 2.30. The maximum absolute atomic E-state index is 13.1. The number of halogens is 6. The third-order valence-corrected chi connectivity index (χ3v) is 7.05. The monoisotopic (exact) mass is 662 g/mol. The number of benzene rings is 2. The first-order chi connectivity index (χ1) is 22.1. The first kappa shape index (κ1) is 39.2. The van der Waals surface area contributed by atoms with Crippen LogP contribution in [0, 0.1) is 0 Å². The van der Waals surface area contributed by atoms with Gasteiger partial charge in [-0.1, -0.05) is 89.6 Å². The van der Waals surface area contributed by atoms with Gasteiger partial charge in [0.25, 0.3) is 0 Å². The van der Waals surface area contributed by atoms with Crippen molar-refractivity contribution in [2.24, 2.45) is 0 Å². The van der Waals surface area contributed by atoms with Gasteiger partial charge in [-0.25, -0.2) is 4.98 Å². The fraction of sp³-hybridized carbons (Fsp3) is 0.432. The Kier molecular flexibility index (Phi) is 15.9. The molecule has 0 aliphatic rings. The second-order valence-electron chi connectivity index (χ2n) is 11.7. The molecule has 4 nitrogen and oxygen atoms in total. The maximum Gasteiger partial charge on any atom is 0.416 e. The highest BCUT2D eigenvalue weighted by molar-refractivity contribution is 5.61. The van der Waals surface area contributed by atoms with Crippen molar-refractivity contribution < 1.29 is 26.3 Å². The van der Waals surface area contributed by atoms with Crippen molar-refractivity contribution in [3.63, 3.8) is 0 Å². The fourth-order valence-corrected chi connectivity index (χ4v) is 4.75. The molecule has 47 heavy (non-hydrogen) atoms. The average Bonchev–Trinajstić information content (AvgIpc) is 3.37. The Balaban J connectivity index is 0.00000246. The van der Waals surface area contributed by atoms with Crippen LogP contribution in [0.4, 0.5) is 37.8 Å². The second kappa shape index (κ2) is 19.0. The molecule has 1 heterocycles. The molecule has 0 spiro atoms. The van der Waals surface area contributed by atoms with Crippen molar-refractivity contribution in [3.8, 4) is 0 Å². The number of unbranched alkanes of at least 4 members (excludes halogenated alkanes) is 3. The van der Waals surface area contributed by atoms with E-state index in [0.29, 0.717) is 35.1 Å². The summed E-state index contributed by atoms with van der Waals surface area (Å²) in [5.41, 5.74) is 2.67. The number of hydrogen-bond donors (Lipinski definition) is 2.